The van der Waals surface area contributed by atoms with Gasteiger partial charge in [0, 0.05) is 0 Å². The van der Waals surface area contributed by atoms with Gasteiger partial charge in [-0.2, -0.15) is 17.2 Å². The van der Waals surface area contributed by atoms with Gasteiger partial charge in [-0.3, -0.25) is 12.2 Å². The summed E-state index contributed by atoms with van der Waals surface area (Å²) in [5.74, 6) is 0. The third-order valence-corrected chi connectivity index (χ3v) is 3.85. The summed E-state index contributed by atoms with van der Waals surface area (Å²) >= 11 is 0. The van der Waals surface area contributed by atoms with Gasteiger partial charge < -0.3 is 5.32 Å². The molecule has 1 N–H and O–H groups in total. The molecule has 0 spiro atoms. The molecule has 2 aliphatic carbocycles. The second kappa shape index (κ2) is 12.3. The minimum absolute atomic E-state index is 0. The first-order valence-electron chi connectivity index (χ1n) is 7.94. The van der Waals surface area contributed by atoms with E-state index >= 15 is 0 Å². The van der Waals surface area contributed by atoms with Gasteiger partial charge in [-0.25, -0.2) is 17.2 Å². The topological polar surface area (TPSA) is 12.0 Å². The van der Waals surface area contributed by atoms with Crippen molar-refractivity contribution in [3.05, 3.63) is 46.6 Å². The minimum Gasteiger partial charge on any atom is -0.323 e. The van der Waals surface area contributed by atoms with Crippen molar-refractivity contribution in [2.45, 2.75) is 60.8 Å². The molecular formula is C20H33NZr. The van der Waals surface area contributed by atoms with Crippen molar-refractivity contribution in [2.75, 3.05) is 14.1 Å². The molecule has 0 saturated heterocycles. The summed E-state index contributed by atoms with van der Waals surface area (Å²) < 4.78 is 0. The Balaban J connectivity index is 0. The van der Waals surface area contributed by atoms with Crippen LogP contribution in [0.1, 0.15) is 60.8 Å². The van der Waals surface area contributed by atoms with Crippen LogP contribution in [0.25, 0.3) is 0 Å². The quantitative estimate of drug-likeness (QED) is 0.633. The number of nitrogens with one attached hydrogen (secondary N) is 1. The zero-order valence-electron chi connectivity index (χ0n) is 15.8. The molecule has 122 valence electrons. The fourth-order valence-corrected chi connectivity index (χ4v) is 2.30. The summed E-state index contributed by atoms with van der Waals surface area (Å²) in [4.78, 5) is 0. The molecule has 2 rings (SSSR count). The van der Waals surface area contributed by atoms with E-state index in [4.69, 9.17) is 0 Å². The zero-order chi connectivity index (χ0) is 16.5. The smallest absolute Gasteiger partial charge is 0.323 e. The summed E-state index contributed by atoms with van der Waals surface area (Å²) in [6, 6.07) is 0. The number of allylic oxidation sites excluding steroid dienone is 8. The van der Waals surface area contributed by atoms with Crippen LogP contribution in [0.3, 0.4) is 0 Å². The average molecular weight is 379 g/mol. The van der Waals surface area contributed by atoms with Gasteiger partial charge in [0.25, 0.3) is 0 Å². The maximum atomic E-state index is 3.44. The van der Waals surface area contributed by atoms with E-state index in [2.05, 4.69) is 71.2 Å². The maximum absolute atomic E-state index is 3.44. The van der Waals surface area contributed by atoms with Gasteiger partial charge in [-0.15, -0.1) is 13.3 Å². The van der Waals surface area contributed by atoms with Crippen LogP contribution < -0.4 is 5.32 Å². The van der Waals surface area contributed by atoms with Gasteiger partial charge in [0.05, 0.1) is 0 Å². The largest absolute Gasteiger partial charge is 2.00 e. The van der Waals surface area contributed by atoms with E-state index < -0.39 is 0 Å². The Kier molecular flexibility index (Phi) is 13.4. The normalized spacial score (nSPS) is 17.6. The molecule has 2 heteroatoms. The van der Waals surface area contributed by atoms with Crippen LogP contribution in [0.2, 0.25) is 0 Å². The van der Waals surface area contributed by atoms with E-state index in [1.807, 2.05) is 14.1 Å². The van der Waals surface area contributed by atoms with Gasteiger partial charge in [-0.05, 0) is 14.1 Å². The Morgan fingerprint density at radius 1 is 1.18 bits per heavy atom. The average Bonchev–Trinajstić information content (AvgIpc) is 2.96. The monoisotopic (exact) mass is 377 g/mol. The van der Waals surface area contributed by atoms with Crippen LogP contribution >= 0.6 is 0 Å². The predicted octanol–water partition coefficient (Wildman–Crippen LogP) is 5.42. The molecule has 0 aromatic rings. The number of hydrogen-bond donors (Lipinski definition) is 1. The molecular weight excluding hydrogens is 345 g/mol. The molecule has 0 saturated carbocycles. The van der Waals surface area contributed by atoms with Gasteiger partial charge in [0.15, 0.2) is 0 Å². The SMILES string of the molecule is CC1=[C-]C(C)(C)C(C)=C1C.CCCC1=[C-]CC=C1.CNC.[Zr+2]. The van der Waals surface area contributed by atoms with Crippen molar-refractivity contribution >= 4 is 0 Å². The summed E-state index contributed by atoms with van der Waals surface area (Å²) in [7, 11) is 3.75. The molecule has 0 amide bonds. The molecule has 0 unspecified atom stereocenters. The molecule has 0 atom stereocenters. The van der Waals surface area contributed by atoms with Crippen LogP contribution in [0.4, 0.5) is 0 Å². The molecule has 0 bridgehead atoms. The van der Waals surface area contributed by atoms with Crippen molar-refractivity contribution in [2.24, 2.45) is 5.41 Å². The van der Waals surface area contributed by atoms with Crippen molar-refractivity contribution < 1.29 is 26.2 Å². The molecule has 1 nitrogen and oxygen atoms in total. The first kappa shape index (κ1) is 24.1. The first-order chi connectivity index (χ1) is 9.80. The zero-order valence-corrected chi connectivity index (χ0v) is 18.2. The minimum atomic E-state index is 0. The number of hydrogen-bond acceptors (Lipinski definition) is 1. The van der Waals surface area contributed by atoms with Crippen LogP contribution in [0.5, 0.6) is 0 Å². The van der Waals surface area contributed by atoms with Crippen LogP contribution in [0.15, 0.2) is 34.4 Å². The summed E-state index contributed by atoms with van der Waals surface area (Å²) in [5.41, 5.74) is 5.79. The van der Waals surface area contributed by atoms with E-state index in [0.717, 1.165) is 6.42 Å². The van der Waals surface area contributed by atoms with Crippen LogP contribution in [-0.2, 0) is 26.2 Å². The van der Waals surface area contributed by atoms with E-state index in [0.29, 0.717) is 0 Å². The van der Waals surface area contributed by atoms with E-state index in [-0.39, 0.29) is 31.6 Å². The first-order valence-corrected chi connectivity index (χ1v) is 7.94. The Bertz CT molecular complexity index is 437. The standard InChI is InChI=1S/C10H15.C8H11.C2H7N.Zr/c1-7-6-10(4,5)9(3)8(7)2;1-2-5-8-6-3-4-7-8;1-3-2;/h1-5H3;3,6H,2,4-5H2,1H3;3H,1-2H3;/q2*-1;;+2. The van der Waals surface area contributed by atoms with Crippen molar-refractivity contribution in [1.29, 1.82) is 0 Å². The van der Waals surface area contributed by atoms with Gasteiger partial charge in [0.1, 0.15) is 0 Å². The van der Waals surface area contributed by atoms with E-state index in [1.165, 1.54) is 35.1 Å². The Hall–Kier alpha value is -0.197. The van der Waals surface area contributed by atoms with E-state index in [1.54, 1.807) is 0 Å². The molecule has 0 aliphatic heterocycles. The van der Waals surface area contributed by atoms with Crippen molar-refractivity contribution in [1.82, 2.24) is 5.32 Å². The van der Waals surface area contributed by atoms with Gasteiger partial charge in [0.2, 0.25) is 0 Å². The van der Waals surface area contributed by atoms with Crippen molar-refractivity contribution in [3.63, 3.8) is 0 Å². The molecule has 0 aromatic carbocycles. The summed E-state index contributed by atoms with van der Waals surface area (Å²) in [5, 5.41) is 2.75. The molecule has 22 heavy (non-hydrogen) atoms. The number of rotatable bonds is 2. The second-order valence-electron chi connectivity index (χ2n) is 6.18. The van der Waals surface area contributed by atoms with Gasteiger partial charge in [-0.1, -0.05) is 52.9 Å². The molecule has 0 radical (unpaired) electrons. The maximum Gasteiger partial charge on any atom is 2.00 e. The Morgan fingerprint density at radius 2 is 1.73 bits per heavy atom. The van der Waals surface area contributed by atoms with Gasteiger partial charge >= 0.3 is 26.2 Å². The summed E-state index contributed by atoms with van der Waals surface area (Å²) in [6.45, 7) is 13.1. The molecule has 0 aromatic heterocycles. The molecule has 0 fully saturated rings. The molecule has 0 heterocycles. The van der Waals surface area contributed by atoms with Crippen LogP contribution in [0, 0.1) is 17.6 Å². The fourth-order valence-electron chi connectivity index (χ4n) is 2.30. The second-order valence-corrected chi connectivity index (χ2v) is 6.18. The van der Waals surface area contributed by atoms with Crippen LogP contribution in [-0.4, -0.2) is 14.1 Å². The fraction of sp³-hybridized carbons (Fsp3) is 0.600. The van der Waals surface area contributed by atoms with Crippen molar-refractivity contribution in [3.8, 4) is 0 Å². The third kappa shape index (κ3) is 8.44. The predicted molar refractivity (Wildman–Crippen MR) is 95.0 cm³/mol. The summed E-state index contributed by atoms with van der Waals surface area (Å²) in [6.07, 6.45) is 14.5. The molecule has 2 aliphatic rings. The van der Waals surface area contributed by atoms with E-state index in [9.17, 15) is 0 Å². The third-order valence-electron chi connectivity index (χ3n) is 3.85. The Labute approximate surface area is 158 Å². The Morgan fingerprint density at radius 3 is 1.95 bits per heavy atom.